The van der Waals surface area contributed by atoms with E-state index in [2.05, 4.69) is 15.9 Å². The maximum Gasteiger partial charge on any atom is 0.257 e. The monoisotopic (exact) mass is 421 g/mol. The number of ether oxygens (including phenoxy) is 2. The molecule has 0 bridgehead atoms. The van der Waals surface area contributed by atoms with E-state index in [1.165, 1.54) is 12.1 Å². The molecule has 1 heterocycles. The zero-order valence-electron chi connectivity index (χ0n) is 14.9. The van der Waals surface area contributed by atoms with E-state index in [0.29, 0.717) is 42.9 Å². The van der Waals surface area contributed by atoms with Crippen LogP contribution < -0.4 is 9.47 Å². The number of nitrogens with zero attached hydrogens (tertiary/aromatic N) is 1. The van der Waals surface area contributed by atoms with Crippen LogP contribution in [0.5, 0.6) is 11.5 Å². The predicted molar refractivity (Wildman–Crippen MR) is 101 cm³/mol. The van der Waals surface area contributed by atoms with Gasteiger partial charge in [-0.25, -0.2) is 4.39 Å². The number of halogens is 2. The van der Waals surface area contributed by atoms with Crippen molar-refractivity contribution in [2.75, 3.05) is 19.8 Å². The molecule has 6 heteroatoms. The molecule has 0 saturated carbocycles. The Kier molecular flexibility index (Phi) is 5.81. The molecule has 1 aliphatic rings. The summed E-state index contributed by atoms with van der Waals surface area (Å²) >= 11 is 3.21. The van der Waals surface area contributed by atoms with Gasteiger partial charge in [-0.1, -0.05) is 15.9 Å². The number of hydrogen-bond donors (Lipinski definition) is 0. The Morgan fingerprint density at radius 1 is 1.12 bits per heavy atom. The molecule has 4 nitrogen and oxygen atoms in total. The third-order valence-corrected chi connectivity index (χ3v) is 4.82. The van der Waals surface area contributed by atoms with Crippen molar-refractivity contribution in [2.45, 2.75) is 26.8 Å². The number of carbonyl (C=O) groups is 1. The summed E-state index contributed by atoms with van der Waals surface area (Å²) in [5.41, 5.74) is 2.24. The Hall–Kier alpha value is -2.08. The molecule has 138 valence electrons. The van der Waals surface area contributed by atoms with E-state index in [1.807, 2.05) is 26.0 Å². The molecule has 0 atom stereocenters. The second-order valence-electron chi connectivity index (χ2n) is 6.03. The van der Waals surface area contributed by atoms with E-state index in [4.69, 9.17) is 9.47 Å². The highest BCUT2D eigenvalue weighted by atomic mass is 79.9. The molecule has 2 aromatic rings. The highest BCUT2D eigenvalue weighted by molar-refractivity contribution is 9.10. The first-order valence-corrected chi connectivity index (χ1v) is 9.48. The summed E-state index contributed by atoms with van der Waals surface area (Å²) in [5, 5.41) is 0. The third-order valence-electron chi connectivity index (χ3n) is 4.33. The van der Waals surface area contributed by atoms with Crippen molar-refractivity contribution in [3.63, 3.8) is 0 Å². The first-order valence-electron chi connectivity index (χ1n) is 8.69. The van der Waals surface area contributed by atoms with Crippen molar-refractivity contribution in [1.82, 2.24) is 4.90 Å². The van der Waals surface area contributed by atoms with E-state index < -0.39 is 5.82 Å². The Morgan fingerprint density at radius 3 is 2.38 bits per heavy atom. The molecule has 26 heavy (non-hydrogen) atoms. The number of hydrogen-bond acceptors (Lipinski definition) is 3. The second-order valence-corrected chi connectivity index (χ2v) is 6.95. The summed E-state index contributed by atoms with van der Waals surface area (Å²) in [7, 11) is 0. The van der Waals surface area contributed by atoms with Gasteiger partial charge in [0.15, 0.2) is 11.5 Å². The third kappa shape index (κ3) is 3.85. The fraction of sp³-hybridized carbons (Fsp3) is 0.350. The maximum atomic E-state index is 14.1. The summed E-state index contributed by atoms with van der Waals surface area (Å²) in [5.74, 6) is 0.591. The Bertz CT molecular complexity index is 825. The van der Waals surface area contributed by atoms with E-state index in [1.54, 1.807) is 11.0 Å². The lowest BCUT2D eigenvalue weighted by molar-refractivity contribution is 0.0729. The van der Waals surface area contributed by atoms with E-state index in [9.17, 15) is 9.18 Å². The Labute approximate surface area is 161 Å². The van der Waals surface area contributed by atoms with Gasteiger partial charge in [-0.05, 0) is 61.7 Å². The zero-order chi connectivity index (χ0) is 18.7. The Morgan fingerprint density at radius 2 is 1.77 bits per heavy atom. The van der Waals surface area contributed by atoms with E-state index in [0.717, 1.165) is 16.9 Å². The molecule has 0 spiro atoms. The summed E-state index contributed by atoms with van der Waals surface area (Å²) in [4.78, 5) is 14.4. The predicted octanol–water partition coefficient (Wildman–Crippen LogP) is 4.58. The largest absolute Gasteiger partial charge is 0.490 e. The van der Waals surface area contributed by atoms with E-state index in [-0.39, 0.29) is 11.5 Å². The lowest BCUT2D eigenvalue weighted by Crippen LogP contribution is -2.36. The lowest BCUT2D eigenvalue weighted by Gasteiger charge is -2.30. The van der Waals surface area contributed by atoms with Gasteiger partial charge in [0.1, 0.15) is 5.82 Å². The van der Waals surface area contributed by atoms with Crippen molar-refractivity contribution in [3.8, 4) is 11.5 Å². The zero-order valence-corrected chi connectivity index (χ0v) is 16.4. The molecule has 0 saturated heterocycles. The van der Waals surface area contributed by atoms with E-state index >= 15 is 0 Å². The highest BCUT2D eigenvalue weighted by Crippen LogP contribution is 2.34. The molecule has 3 rings (SSSR count). The molecule has 0 aromatic heterocycles. The van der Waals surface area contributed by atoms with Crippen molar-refractivity contribution in [3.05, 3.63) is 57.3 Å². The lowest BCUT2D eigenvalue weighted by atomic mass is 9.98. The van der Waals surface area contributed by atoms with Gasteiger partial charge in [0, 0.05) is 17.6 Å². The smallest absolute Gasteiger partial charge is 0.257 e. The molecule has 2 aromatic carbocycles. The van der Waals surface area contributed by atoms with Crippen LogP contribution in [0.4, 0.5) is 4.39 Å². The molecule has 0 fully saturated rings. The van der Waals surface area contributed by atoms with Crippen LogP contribution in [0.2, 0.25) is 0 Å². The van der Waals surface area contributed by atoms with Crippen LogP contribution in [0.15, 0.2) is 34.8 Å². The van der Waals surface area contributed by atoms with Crippen LogP contribution in [0, 0.1) is 5.82 Å². The molecular weight excluding hydrogens is 401 g/mol. The van der Waals surface area contributed by atoms with Crippen LogP contribution in [-0.2, 0) is 13.0 Å². The summed E-state index contributed by atoms with van der Waals surface area (Å²) in [6.45, 7) is 5.92. The fourth-order valence-corrected chi connectivity index (χ4v) is 3.44. The molecule has 0 aliphatic carbocycles. The molecule has 0 N–H and O–H groups in total. The number of fused-ring (bicyclic) bond motifs is 1. The average Bonchev–Trinajstić information content (AvgIpc) is 2.62. The van der Waals surface area contributed by atoms with Gasteiger partial charge in [-0.3, -0.25) is 4.79 Å². The van der Waals surface area contributed by atoms with Crippen LogP contribution >= 0.6 is 15.9 Å². The SMILES string of the molecule is CCOc1cc2c(cc1OCC)CN(C(=O)c1ccc(Br)cc1F)CC2. The van der Waals surface area contributed by atoms with Gasteiger partial charge in [0.05, 0.1) is 18.8 Å². The normalized spacial score (nSPS) is 13.3. The van der Waals surface area contributed by atoms with Gasteiger partial charge >= 0.3 is 0 Å². The van der Waals surface area contributed by atoms with Gasteiger partial charge in [0.25, 0.3) is 5.91 Å². The number of rotatable bonds is 5. The topological polar surface area (TPSA) is 38.8 Å². The molecule has 0 radical (unpaired) electrons. The van der Waals surface area contributed by atoms with Gasteiger partial charge in [0.2, 0.25) is 0 Å². The van der Waals surface area contributed by atoms with Crippen molar-refractivity contribution >= 4 is 21.8 Å². The van der Waals surface area contributed by atoms with Gasteiger partial charge < -0.3 is 14.4 Å². The van der Waals surface area contributed by atoms with Crippen LogP contribution in [-0.4, -0.2) is 30.6 Å². The van der Waals surface area contributed by atoms with Gasteiger partial charge in [-0.2, -0.15) is 0 Å². The van der Waals surface area contributed by atoms with Crippen LogP contribution in [0.1, 0.15) is 35.3 Å². The van der Waals surface area contributed by atoms with Crippen LogP contribution in [0.3, 0.4) is 0 Å². The second kappa shape index (κ2) is 8.08. The maximum absolute atomic E-state index is 14.1. The summed E-state index contributed by atoms with van der Waals surface area (Å²) < 4.78 is 26.1. The Balaban J connectivity index is 1.86. The number of benzene rings is 2. The summed E-state index contributed by atoms with van der Waals surface area (Å²) in [6, 6.07) is 8.43. The summed E-state index contributed by atoms with van der Waals surface area (Å²) in [6.07, 6.45) is 0.700. The average molecular weight is 422 g/mol. The molecular formula is C20H21BrFNO3. The number of carbonyl (C=O) groups excluding carboxylic acids is 1. The van der Waals surface area contributed by atoms with Gasteiger partial charge in [-0.15, -0.1) is 0 Å². The first kappa shape index (κ1) is 18.7. The molecule has 0 unspecified atom stereocenters. The number of amides is 1. The van der Waals surface area contributed by atoms with Crippen molar-refractivity contribution in [1.29, 1.82) is 0 Å². The molecule has 1 aliphatic heterocycles. The minimum absolute atomic E-state index is 0.0904. The highest BCUT2D eigenvalue weighted by Gasteiger charge is 2.25. The van der Waals surface area contributed by atoms with Crippen molar-refractivity contribution in [2.24, 2.45) is 0 Å². The van der Waals surface area contributed by atoms with Crippen LogP contribution in [0.25, 0.3) is 0 Å². The minimum Gasteiger partial charge on any atom is -0.490 e. The fourth-order valence-electron chi connectivity index (χ4n) is 3.11. The quantitative estimate of drug-likeness (QED) is 0.708. The standard InChI is InChI=1S/C20H21BrFNO3/c1-3-25-18-9-13-7-8-23(12-14(13)10-19(18)26-4-2)20(24)16-6-5-15(21)11-17(16)22/h5-6,9-11H,3-4,7-8,12H2,1-2H3. The molecule has 1 amide bonds. The first-order chi connectivity index (χ1) is 12.5. The minimum atomic E-state index is -0.517. The van der Waals surface area contributed by atoms with Crippen molar-refractivity contribution < 1.29 is 18.7 Å².